The van der Waals surface area contributed by atoms with Gasteiger partial charge in [0.15, 0.2) is 0 Å². The van der Waals surface area contributed by atoms with E-state index in [1.165, 1.54) is 22.3 Å². The molecule has 0 aliphatic carbocycles. The summed E-state index contributed by atoms with van der Waals surface area (Å²) < 4.78 is 9.22. The van der Waals surface area contributed by atoms with Gasteiger partial charge in [-0.1, -0.05) is 127 Å². The Morgan fingerprint density at radius 1 is 0.304 bits per heavy atom. The molecule has 6 nitrogen and oxygen atoms in total. The van der Waals surface area contributed by atoms with Crippen LogP contribution in [0.2, 0.25) is 0 Å². The molecule has 56 heavy (non-hydrogen) atoms. The Hall–Kier alpha value is -7.70. The van der Waals surface area contributed by atoms with Gasteiger partial charge in [-0.05, 0) is 94.5 Å². The minimum absolute atomic E-state index is 0.885. The maximum absolute atomic E-state index is 5.23. The molecule has 0 saturated heterocycles. The Morgan fingerprint density at radius 2 is 0.768 bits per heavy atom. The molecular formula is C50H32N6. The summed E-state index contributed by atoms with van der Waals surface area (Å²) in [5.74, 6) is 1.77. The number of fused-ring (bicyclic) bond motifs is 10. The molecule has 4 aromatic heterocycles. The number of nitrogens with zero attached hydrogens (tertiary/aromatic N) is 6. The van der Waals surface area contributed by atoms with Gasteiger partial charge in [-0.3, -0.25) is 17.9 Å². The number of rotatable bonds is 5. The summed E-state index contributed by atoms with van der Waals surface area (Å²) in [6, 6.07) is 68.9. The highest BCUT2D eigenvalue weighted by molar-refractivity contribution is 6.02. The third-order valence-electron chi connectivity index (χ3n) is 11.2. The van der Waals surface area contributed by atoms with Gasteiger partial charge in [-0.25, -0.2) is 9.97 Å². The second-order valence-corrected chi connectivity index (χ2v) is 14.3. The van der Waals surface area contributed by atoms with Crippen molar-refractivity contribution in [2.75, 3.05) is 0 Å². The van der Waals surface area contributed by atoms with Crippen molar-refractivity contribution in [1.82, 2.24) is 27.9 Å². The third-order valence-corrected chi connectivity index (χ3v) is 11.2. The highest BCUT2D eigenvalue weighted by atomic mass is 15.2. The number of hydrogen-bond donors (Lipinski definition) is 0. The Kier molecular flexibility index (Phi) is 6.53. The maximum Gasteiger partial charge on any atom is 0.220 e. The molecule has 8 aromatic carbocycles. The van der Waals surface area contributed by atoms with E-state index in [0.717, 1.165) is 78.2 Å². The Labute approximate surface area is 321 Å². The van der Waals surface area contributed by atoms with Crippen LogP contribution in [0.1, 0.15) is 0 Å². The van der Waals surface area contributed by atoms with E-state index in [0.29, 0.717) is 0 Å². The van der Waals surface area contributed by atoms with E-state index in [1.807, 2.05) is 0 Å². The zero-order valence-corrected chi connectivity index (χ0v) is 30.2. The summed E-state index contributed by atoms with van der Waals surface area (Å²) >= 11 is 0. The van der Waals surface area contributed by atoms with Crippen molar-refractivity contribution in [2.24, 2.45) is 0 Å². The van der Waals surface area contributed by atoms with Gasteiger partial charge >= 0.3 is 0 Å². The first-order valence-corrected chi connectivity index (χ1v) is 18.9. The lowest BCUT2D eigenvalue weighted by Crippen LogP contribution is -1.95. The van der Waals surface area contributed by atoms with E-state index in [9.17, 15) is 0 Å². The minimum Gasteiger partial charge on any atom is -0.278 e. The zero-order chi connectivity index (χ0) is 36.7. The van der Waals surface area contributed by atoms with Crippen LogP contribution in [-0.2, 0) is 0 Å². The van der Waals surface area contributed by atoms with Crippen molar-refractivity contribution in [1.29, 1.82) is 0 Å². The van der Waals surface area contributed by atoms with Crippen molar-refractivity contribution in [3.63, 3.8) is 0 Å². The second kappa shape index (κ2) is 11.9. The predicted octanol–water partition coefficient (Wildman–Crippen LogP) is 12.2. The normalized spacial score (nSPS) is 11.9. The lowest BCUT2D eigenvalue weighted by Gasteiger charge is -2.10. The molecule has 262 valence electrons. The van der Waals surface area contributed by atoms with E-state index in [-0.39, 0.29) is 0 Å². The van der Waals surface area contributed by atoms with Crippen LogP contribution in [0.5, 0.6) is 0 Å². The molecule has 0 aliphatic rings. The Morgan fingerprint density at radius 3 is 1.38 bits per heavy atom. The van der Waals surface area contributed by atoms with Crippen molar-refractivity contribution >= 4 is 55.7 Å². The van der Waals surface area contributed by atoms with E-state index in [2.05, 4.69) is 212 Å². The van der Waals surface area contributed by atoms with Crippen LogP contribution in [0.15, 0.2) is 194 Å². The van der Waals surface area contributed by atoms with Crippen molar-refractivity contribution in [3.8, 4) is 44.8 Å². The quantitative estimate of drug-likeness (QED) is 0.178. The molecule has 0 fully saturated rings. The number of imidazole rings is 4. The third kappa shape index (κ3) is 4.50. The summed E-state index contributed by atoms with van der Waals surface area (Å²) in [7, 11) is 0. The molecule has 12 rings (SSSR count). The first kappa shape index (κ1) is 30.7. The molecule has 0 N–H and O–H groups in total. The molecule has 0 unspecified atom stereocenters. The minimum atomic E-state index is 0.885. The van der Waals surface area contributed by atoms with Gasteiger partial charge in [0, 0.05) is 16.9 Å². The van der Waals surface area contributed by atoms with Gasteiger partial charge in [-0.2, -0.15) is 0 Å². The summed E-state index contributed by atoms with van der Waals surface area (Å²) in [5, 5.41) is 0. The van der Waals surface area contributed by atoms with Crippen LogP contribution in [0.4, 0.5) is 0 Å². The first-order valence-electron chi connectivity index (χ1n) is 18.9. The summed E-state index contributed by atoms with van der Waals surface area (Å²) in [6.45, 7) is 0. The van der Waals surface area contributed by atoms with Gasteiger partial charge in [0.25, 0.3) is 0 Å². The van der Waals surface area contributed by atoms with Crippen LogP contribution in [-0.4, -0.2) is 27.9 Å². The Balaban J connectivity index is 1.09. The number of benzene rings is 8. The van der Waals surface area contributed by atoms with E-state index in [4.69, 9.17) is 9.97 Å². The summed E-state index contributed by atoms with van der Waals surface area (Å²) in [5.41, 5.74) is 17.6. The van der Waals surface area contributed by atoms with Gasteiger partial charge in [-0.15, -0.1) is 0 Å². The van der Waals surface area contributed by atoms with E-state index < -0.39 is 0 Å². The highest BCUT2D eigenvalue weighted by Gasteiger charge is 2.22. The monoisotopic (exact) mass is 716 g/mol. The maximum atomic E-state index is 5.23. The molecule has 0 bridgehead atoms. The molecule has 0 amide bonds. The predicted molar refractivity (Wildman–Crippen MR) is 229 cm³/mol. The smallest absolute Gasteiger partial charge is 0.220 e. The largest absolute Gasteiger partial charge is 0.278 e. The first-order chi connectivity index (χ1) is 27.8. The fourth-order valence-electron chi connectivity index (χ4n) is 8.62. The average Bonchev–Trinajstić information content (AvgIpc) is 4.00. The SMILES string of the molecule is c1ccc(-c2ccc(-n3c4ccc(-c5cccc6c5n5c7ccccc7nc5n6-c5ccc(-c6ccccc6)cc5)cc4n4c5ccccc5nc34)cc2)cc1. The van der Waals surface area contributed by atoms with E-state index >= 15 is 0 Å². The molecular weight excluding hydrogens is 685 g/mol. The fourth-order valence-corrected chi connectivity index (χ4v) is 8.62. The standard InChI is InChI=1S/C50H32N6/c1-3-12-33(13-4-1)35-22-27-38(28-23-35)53-45-31-26-37(32-47(45)55-43-19-9-7-17-41(43)51-49(53)55)40-16-11-21-46-48(40)56-44-20-10-8-18-42(44)52-50(56)54(46)39-29-24-36(25-30-39)34-14-5-2-6-15-34/h1-32H. The summed E-state index contributed by atoms with van der Waals surface area (Å²) in [4.78, 5) is 10.4. The van der Waals surface area contributed by atoms with Crippen LogP contribution >= 0.6 is 0 Å². The topological polar surface area (TPSA) is 44.5 Å². The van der Waals surface area contributed by atoms with Gasteiger partial charge in [0.05, 0.1) is 44.1 Å². The van der Waals surface area contributed by atoms with Crippen molar-refractivity contribution in [2.45, 2.75) is 0 Å². The van der Waals surface area contributed by atoms with Gasteiger partial charge < -0.3 is 0 Å². The molecule has 4 heterocycles. The Bertz CT molecular complexity index is 3440. The number of aromatic nitrogens is 6. The molecule has 0 spiro atoms. The highest BCUT2D eigenvalue weighted by Crippen LogP contribution is 2.39. The summed E-state index contributed by atoms with van der Waals surface area (Å²) in [6.07, 6.45) is 0. The number of para-hydroxylation sites is 5. The molecule has 0 atom stereocenters. The van der Waals surface area contributed by atoms with E-state index in [1.54, 1.807) is 0 Å². The van der Waals surface area contributed by atoms with Crippen LogP contribution < -0.4 is 0 Å². The zero-order valence-electron chi connectivity index (χ0n) is 30.2. The van der Waals surface area contributed by atoms with Crippen LogP contribution in [0, 0.1) is 0 Å². The lowest BCUT2D eigenvalue weighted by molar-refractivity contribution is 1.11. The van der Waals surface area contributed by atoms with Crippen molar-refractivity contribution in [3.05, 3.63) is 194 Å². The molecule has 0 saturated carbocycles. The molecule has 6 heteroatoms. The lowest BCUT2D eigenvalue weighted by atomic mass is 10.0. The van der Waals surface area contributed by atoms with Gasteiger partial charge in [0.1, 0.15) is 0 Å². The molecule has 12 aromatic rings. The van der Waals surface area contributed by atoms with Crippen LogP contribution in [0.25, 0.3) is 100 Å². The fraction of sp³-hybridized carbons (Fsp3) is 0. The van der Waals surface area contributed by atoms with Crippen LogP contribution in [0.3, 0.4) is 0 Å². The van der Waals surface area contributed by atoms with Gasteiger partial charge in [0.2, 0.25) is 11.6 Å². The molecule has 0 aliphatic heterocycles. The number of hydrogen-bond acceptors (Lipinski definition) is 2. The average molecular weight is 717 g/mol. The second-order valence-electron chi connectivity index (χ2n) is 14.3. The molecule has 0 radical (unpaired) electrons. The van der Waals surface area contributed by atoms with Crippen molar-refractivity contribution < 1.29 is 0 Å².